The minimum atomic E-state index is -5.01. The molecule has 0 aliphatic carbocycles. The Labute approximate surface area is 144 Å². The Balaban J connectivity index is 3.87. The molecule has 0 saturated heterocycles. The molecule has 0 bridgehead atoms. The molecular weight excluding hydrogens is 358 g/mol. The van der Waals surface area contributed by atoms with Gasteiger partial charge in [0.1, 0.15) is 0 Å². The molecule has 0 aliphatic heterocycles. The standard InChI is InChI=1S/C14H29NO7S2/c1-2-3-4-5-6-7-8-9-10-11-13(16)15-12-14(23(17,18)19)24(20,21)22/h14H,2-12H2,1H3,(H,15,16)(H,17,18,19)(H,20,21,22). The Morgan fingerprint density at radius 3 is 1.67 bits per heavy atom. The van der Waals surface area contributed by atoms with Crippen molar-refractivity contribution in [3.8, 4) is 0 Å². The minimum absolute atomic E-state index is 0.138. The molecule has 0 aromatic carbocycles. The van der Waals surface area contributed by atoms with Crippen LogP contribution >= 0.6 is 0 Å². The first-order valence-electron chi connectivity index (χ1n) is 8.28. The molecule has 1 amide bonds. The van der Waals surface area contributed by atoms with Crippen LogP contribution in [0.1, 0.15) is 71.1 Å². The Hall–Kier alpha value is -0.710. The van der Waals surface area contributed by atoms with Crippen molar-refractivity contribution in [3.63, 3.8) is 0 Å². The van der Waals surface area contributed by atoms with E-state index in [0.717, 1.165) is 19.3 Å². The Kier molecular flexibility index (Phi) is 11.4. The first-order valence-corrected chi connectivity index (χ1v) is 11.3. The zero-order chi connectivity index (χ0) is 18.6. The lowest BCUT2D eigenvalue weighted by Crippen LogP contribution is -2.41. The fourth-order valence-corrected chi connectivity index (χ4v) is 4.06. The maximum atomic E-state index is 11.5. The van der Waals surface area contributed by atoms with E-state index in [1.165, 1.54) is 32.1 Å². The summed E-state index contributed by atoms with van der Waals surface area (Å²) in [7, 11) is -10.0. The highest BCUT2D eigenvalue weighted by Crippen LogP contribution is 2.10. The number of nitrogens with one attached hydrogen (secondary N) is 1. The van der Waals surface area contributed by atoms with Crippen molar-refractivity contribution in [2.75, 3.05) is 6.54 Å². The van der Waals surface area contributed by atoms with Gasteiger partial charge in [0.2, 0.25) is 10.5 Å². The van der Waals surface area contributed by atoms with E-state index in [9.17, 15) is 21.6 Å². The van der Waals surface area contributed by atoms with Gasteiger partial charge in [0.15, 0.2) is 0 Å². The fourth-order valence-electron chi connectivity index (χ4n) is 2.25. The second-order valence-corrected chi connectivity index (χ2v) is 9.34. The highest BCUT2D eigenvalue weighted by Gasteiger charge is 2.35. The third-order valence-electron chi connectivity index (χ3n) is 3.64. The number of carbonyl (C=O) groups is 1. The van der Waals surface area contributed by atoms with E-state index < -0.39 is 37.3 Å². The normalized spacial score (nSPS) is 12.5. The summed E-state index contributed by atoms with van der Waals surface area (Å²) in [6.45, 7) is 1.28. The summed E-state index contributed by atoms with van der Waals surface area (Å²) < 4.78 is 58.6. The van der Waals surface area contributed by atoms with Crippen LogP contribution in [0.15, 0.2) is 0 Å². The van der Waals surface area contributed by atoms with Crippen LogP contribution in [0.2, 0.25) is 0 Å². The molecule has 0 aliphatic rings. The predicted octanol–water partition coefficient (Wildman–Crippen LogP) is 2.13. The maximum Gasteiger partial charge on any atom is 0.286 e. The molecule has 0 aromatic heterocycles. The van der Waals surface area contributed by atoms with Crippen LogP contribution in [0.25, 0.3) is 0 Å². The zero-order valence-corrected chi connectivity index (χ0v) is 15.7. The largest absolute Gasteiger partial charge is 0.354 e. The molecule has 0 saturated carbocycles. The Morgan fingerprint density at radius 1 is 0.833 bits per heavy atom. The van der Waals surface area contributed by atoms with Gasteiger partial charge in [-0.3, -0.25) is 13.9 Å². The summed E-state index contributed by atoms with van der Waals surface area (Å²) in [6, 6.07) is 0. The van der Waals surface area contributed by atoms with Crippen LogP contribution in [0.3, 0.4) is 0 Å². The van der Waals surface area contributed by atoms with Gasteiger partial charge >= 0.3 is 0 Å². The second kappa shape index (κ2) is 11.8. The highest BCUT2D eigenvalue weighted by atomic mass is 32.3. The minimum Gasteiger partial charge on any atom is -0.354 e. The number of rotatable bonds is 14. The van der Waals surface area contributed by atoms with Gasteiger partial charge in [-0.2, -0.15) is 16.8 Å². The van der Waals surface area contributed by atoms with E-state index in [1.807, 2.05) is 0 Å². The Morgan fingerprint density at radius 2 is 1.25 bits per heavy atom. The zero-order valence-electron chi connectivity index (χ0n) is 14.1. The van der Waals surface area contributed by atoms with E-state index >= 15 is 0 Å². The molecule has 0 spiro atoms. The lowest BCUT2D eigenvalue weighted by molar-refractivity contribution is -0.121. The third-order valence-corrected chi connectivity index (χ3v) is 6.76. The number of hydrogen-bond donors (Lipinski definition) is 3. The number of hydrogen-bond acceptors (Lipinski definition) is 5. The van der Waals surface area contributed by atoms with Gasteiger partial charge in [-0.05, 0) is 6.42 Å². The van der Waals surface area contributed by atoms with Crippen LogP contribution in [0.5, 0.6) is 0 Å². The van der Waals surface area contributed by atoms with Crippen molar-refractivity contribution in [2.45, 2.75) is 75.7 Å². The van der Waals surface area contributed by atoms with Crippen molar-refractivity contribution in [1.29, 1.82) is 0 Å². The SMILES string of the molecule is CCCCCCCCCCCC(=O)NCC(S(=O)(=O)O)S(=O)(=O)O. The maximum absolute atomic E-state index is 11.5. The van der Waals surface area contributed by atoms with Gasteiger partial charge < -0.3 is 5.32 Å². The summed E-state index contributed by atoms with van der Waals surface area (Å²) in [4.78, 5) is 11.5. The average Bonchev–Trinajstić information content (AvgIpc) is 2.42. The van der Waals surface area contributed by atoms with Crippen molar-refractivity contribution < 1.29 is 30.7 Å². The molecular formula is C14H29NO7S2. The summed E-state index contributed by atoms with van der Waals surface area (Å²) in [5.74, 6) is -0.518. The smallest absolute Gasteiger partial charge is 0.286 e. The molecule has 3 N–H and O–H groups in total. The van der Waals surface area contributed by atoms with Crippen molar-refractivity contribution in [3.05, 3.63) is 0 Å². The van der Waals surface area contributed by atoms with Crippen molar-refractivity contribution in [1.82, 2.24) is 5.32 Å². The van der Waals surface area contributed by atoms with Gasteiger partial charge in [-0.25, -0.2) is 0 Å². The second-order valence-electron chi connectivity index (χ2n) is 5.84. The van der Waals surface area contributed by atoms with Crippen LogP contribution in [0, 0.1) is 0 Å². The fraction of sp³-hybridized carbons (Fsp3) is 0.929. The summed E-state index contributed by atoms with van der Waals surface area (Å²) in [6.07, 6.45) is 9.86. The van der Waals surface area contributed by atoms with Crippen LogP contribution in [-0.4, -0.2) is 43.0 Å². The summed E-state index contributed by atoms with van der Waals surface area (Å²) in [5, 5.41) is 2.10. The summed E-state index contributed by atoms with van der Waals surface area (Å²) in [5.41, 5.74) is 0. The van der Waals surface area contributed by atoms with Crippen LogP contribution < -0.4 is 5.32 Å². The van der Waals surface area contributed by atoms with Crippen molar-refractivity contribution >= 4 is 26.1 Å². The van der Waals surface area contributed by atoms with Gasteiger partial charge in [0, 0.05) is 6.42 Å². The van der Waals surface area contributed by atoms with Gasteiger partial charge in [0.25, 0.3) is 20.2 Å². The van der Waals surface area contributed by atoms with Crippen molar-refractivity contribution in [2.24, 2.45) is 0 Å². The van der Waals surface area contributed by atoms with E-state index in [4.69, 9.17) is 9.11 Å². The van der Waals surface area contributed by atoms with Gasteiger partial charge in [-0.15, -0.1) is 0 Å². The highest BCUT2D eigenvalue weighted by molar-refractivity contribution is 8.04. The molecule has 10 heteroatoms. The van der Waals surface area contributed by atoms with E-state index in [2.05, 4.69) is 12.2 Å². The van der Waals surface area contributed by atoms with E-state index in [0.29, 0.717) is 6.42 Å². The topological polar surface area (TPSA) is 138 Å². The predicted molar refractivity (Wildman–Crippen MR) is 91.7 cm³/mol. The van der Waals surface area contributed by atoms with E-state index in [1.54, 1.807) is 0 Å². The van der Waals surface area contributed by atoms with Crippen LogP contribution in [-0.2, 0) is 25.0 Å². The monoisotopic (exact) mass is 387 g/mol. The molecule has 8 nitrogen and oxygen atoms in total. The number of unbranched alkanes of at least 4 members (excludes halogenated alkanes) is 8. The molecule has 0 radical (unpaired) electrons. The molecule has 0 atom stereocenters. The molecule has 0 rings (SSSR count). The summed E-state index contributed by atoms with van der Waals surface area (Å²) >= 11 is 0. The van der Waals surface area contributed by atoms with Gasteiger partial charge in [-0.1, -0.05) is 58.3 Å². The van der Waals surface area contributed by atoms with E-state index in [-0.39, 0.29) is 6.42 Å². The molecule has 0 heterocycles. The quantitative estimate of drug-likeness (QED) is 0.306. The number of carbonyl (C=O) groups excluding carboxylic acids is 1. The lowest BCUT2D eigenvalue weighted by Gasteiger charge is -2.11. The lowest BCUT2D eigenvalue weighted by atomic mass is 10.1. The first kappa shape index (κ1) is 23.3. The van der Waals surface area contributed by atoms with Crippen LogP contribution in [0.4, 0.5) is 0 Å². The third kappa shape index (κ3) is 11.8. The first-order chi connectivity index (χ1) is 11.1. The number of amides is 1. The van der Waals surface area contributed by atoms with Gasteiger partial charge in [0.05, 0.1) is 6.54 Å². The molecule has 0 fully saturated rings. The molecule has 0 aromatic rings. The molecule has 0 unspecified atom stereocenters. The average molecular weight is 388 g/mol. The Bertz CT molecular complexity index is 526. The molecule has 24 heavy (non-hydrogen) atoms. The molecule has 144 valence electrons.